The van der Waals surface area contributed by atoms with Crippen LogP contribution in [0, 0.1) is 0 Å². The number of amides is 3. The van der Waals surface area contributed by atoms with Crippen LogP contribution in [-0.2, 0) is 25.5 Å². The van der Waals surface area contributed by atoms with E-state index in [1.165, 1.54) is 6.21 Å². The monoisotopic (exact) mass is 438 g/mol. The van der Waals surface area contributed by atoms with Crippen LogP contribution in [0.5, 0.6) is 5.75 Å². The molecule has 0 radical (unpaired) electrons. The first kappa shape index (κ1) is 23.0. The Labute approximate surface area is 186 Å². The number of ether oxygens (including phenoxy) is 2. The lowest BCUT2D eigenvalue weighted by atomic mass is 10.1. The zero-order valence-electron chi connectivity index (χ0n) is 17.9. The second-order valence-electron chi connectivity index (χ2n) is 7.02. The van der Waals surface area contributed by atoms with Gasteiger partial charge in [-0.2, -0.15) is 5.10 Å². The minimum atomic E-state index is -0.901. The Kier molecular flexibility index (Phi) is 8.33. The highest BCUT2D eigenvalue weighted by molar-refractivity contribution is 6.39. The van der Waals surface area contributed by atoms with Gasteiger partial charge in [-0.1, -0.05) is 31.2 Å². The Balaban J connectivity index is 1.51. The van der Waals surface area contributed by atoms with Crippen LogP contribution in [0.1, 0.15) is 18.1 Å². The zero-order chi connectivity index (χ0) is 22.8. The fourth-order valence-corrected chi connectivity index (χ4v) is 2.99. The van der Waals surface area contributed by atoms with E-state index in [0.29, 0.717) is 43.3 Å². The van der Waals surface area contributed by atoms with Gasteiger partial charge in [0, 0.05) is 24.3 Å². The molecular weight excluding hydrogens is 412 g/mol. The summed E-state index contributed by atoms with van der Waals surface area (Å²) >= 11 is 0. The van der Waals surface area contributed by atoms with E-state index in [1.54, 1.807) is 41.3 Å². The molecule has 2 aromatic rings. The number of benzene rings is 2. The third-order valence-corrected chi connectivity index (χ3v) is 4.83. The summed E-state index contributed by atoms with van der Waals surface area (Å²) in [6.07, 6.45) is 2.24. The van der Waals surface area contributed by atoms with Crippen molar-refractivity contribution in [2.45, 2.75) is 13.3 Å². The largest absolute Gasteiger partial charge is 0.483 e. The first-order chi connectivity index (χ1) is 15.6. The summed E-state index contributed by atoms with van der Waals surface area (Å²) in [7, 11) is 0. The number of nitrogens with zero attached hydrogens (tertiary/aromatic N) is 2. The van der Waals surface area contributed by atoms with Crippen molar-refractivity contribution >= 4 is 29.6 Å². The standard InChI is InChI=1S/C23H26N4O5/c1-2-17-7-9-19(10-8-17)25-22(29)23(30)26-24-15-18-5-3-4-6-20(18)32-16-21(28)27-11-13-31-14-12-27/h3-10,15H,2,11-14,16H2,1H3,(H,25,29)(H,26,30)/b24-15-. The number of para-hydroxylation sites is 1. The van der Waals surface area contributed by atoms with Gasteiger partial charge >= 0.3 is 11.8 Å². The maximum atomic E-state index is 12.3. The van der Waals surface area contributed by atoms with Gasteiger partial charge in [0.25, 0.3) is 5.91 Å². The minimum Gasteiger partial charge on any atom is -0.483 e. The van der Waals surface area contributed by atoms with E-state index >= 15 is 0 Å². The van der Waals surface area contributed by atoms with Crippen molar-refractivity contribution in [1.29, 1.82) is 0 Å². The highest BCUT2D eigenvalue weighted by atomic mass is 16.5. The average molecular weight is 438 g/mol. The van der Waals surface area contributed by atoms with Crippen LogP contribution in [0.15, 0.2) is 53.6 Å². The number of hydrogen-bond donors (Lipinski definition) is 2. The van der Waals surface area contributed by atoms with Crippen molar-refractivity contribution in [2.75, 3.05) is 38.2 Å². The summed E-state index contributed by atoms with van der Waals surface area (Å²) < 4.78 is 10.9. The normalized spacial score (nSPS) is 13.6. The number of hydrazone groups is 1. The maximum Gasteiger partial charge on any atom is 0.329 e. The van der Waals surface area contributed by atoms with Crippen molar-refractivity contribution in [2.24, 2.45) is 5.10 Å². The van der Waals surface area contributed by atoms with Gasteiger partial charge in [-0.15, -0.1) is 0 Å². The molecule has 3 rings (SSSR count). The summed E-state index contributed by atoms with van der Waals surface area (Å²) in [5.41, 5.74) is 4.40. The van der Waals surface area contributed by atoms with Gasteiger partial charge in [0.2, 0.25) is 0 Å². The molecule has 0 aromatic heterocycles. The summed E-state index contributed by atoms with van der Waals surface area (Å²) in [5.74, 6) is -1.42. The summed E-state index contributed by atoms with van der Waals surface area (Å²) in [4.78, 5) is 38.0. The Morgan fingerprint density at radius 3 is 2.50 bits per heavy atom. The molecule has 9 heteroatoms. The Hall–Kier alpha value is -3.72. The molecule has 0 bridgehead atoms. The van der Waals surface area contributed by atoms with Crippen molar-refractivity contribution in [3.63, 3.8) is 0 Å². The molecule has 168 valence electrons. The van der Waals surface area contributed by atoms with E-state index in [9.17, 15) is 14.4 Å². The van der Waals surface area contributed by atoms with Crippen molar-refractivity contribution < 1.29 is 23.9 Å². The van der Waals surface area contributed by atoms with Crippen molar-refractivity contribution in [3.05, 3.63) is 59.7 Å². The van der Waals surface area contributed by atoms with Crippen LogP contribution in [0.25, 0.3) is 0 Å². The average Bonchev–Trinajstić information content (AvgIpc) is 2.84. The fraction of sp³-hybridized carbons (Fsp3) is 0.304. The van der Waals surface area contributed by atoms with Crippen LogP contribution in [0.4, 0.5) is 5.69 Å². The molecule has 1 fully saturated rings. The van der Waals surface area contributed by atoms with E-state index in [4.69, 9.17) is 9.47 Å². The van der Waals surface area contributed by atoms with Crippen LogP contribution in [0.3, 0.4) is 0 Å². The second-order valence-corrected chi connectivity index (χ2v) is 7.02. The van der Waals surface area contributed by atoms with E-state index < -0.39 is 11.8 Å². The fourth-order valence-electron chi connectivity index (χ4n) is 2.99. The molecule has 1 aliphatic heterocycles. The zero-order valence-corrected chi connectivity index (χ0v) is 17.9. The van der Waals surface area contributed by atoms with Crippen molar-refractivity contribution in [3.8, 4) is 5.75 Å². The lowest BCUT2D eigenvalue weighted by Gasteiger charge is -2.26. The second kappa shape index (κ2) is 11.6. The molecule has 0 spiro atoms. The molecule has 2 N–H and O–H groups in total. The number of aryl methyl sites for hydroxylation is 1. The Bertz CT molecular complexity index is 969. The molecule has 1 saturated heterocycles. The molecule has 1 aliphatic rings. The molecule has 0 unspecified atom stereocenters. The van der Waals surface area contributed by atoms with Gasteiger partial charge < -0.3 is 19.7 Å². The first-order valence-electron chi connectivity index (χ1n) is 10.4. The number of anilines is 1. The molecule has 9 nitrogen and oxygen atoms in total. The highest BCUT2D eigenvalue weighted by Gasteiger charge is 2.17. The van der Waals surface area contributed by atoms with Gasteiger partial charge in [0.15, 0.2) is 6.61 Å². The third-order valence-electron chi connectivity index (χ3n) is 4.83. The third kappa shape index (κ3) is 6.64. The molecule has 32 heavy (non-hydrogen) atoms. The van der Waals surface area contributed by atoms with Gasteiger partial charge in [0.05, 0.1) is 19.4 Å². The Morgan fingerprint density at radius 1 is 1.06 bits per heavy atom. The summed E-state index contributed by atoms with van der Waals surface area (Å²) in [5, 5.41) is 6.35. The maximum absolute atomic E-state index is 12.3. The first-order valence-corrected chi connectivity index (χ1v) is 10.4. The van der Waals surface area contributed by atoms with Gasteiger partial charge in [-0.05, 0) is 36.2 Å². The van der Waals surface area contributed by atoms with Crippen LogP contribution in [-0.4, -0.2) is 61.7 Å². The summed E-state index contributed by atoms with van der Waals surface area (Å²) in [6.45, 7) is 4.05. The smallest absolute Gasteiger partial charge is 0.329 e. The predicted octanol–water partition coefficient (Wildman–Crippen LogP) is 1.58. The predicted molar refractivity (Wildman–Crippen MR) is 120 cm³/mol. The lowest BCUT2D eigenvalue weighted by Crippen LogP contribution is -2.43. The molecule has 2 aromatic carbocycles. The number of morpholine rings is 1. The Morgan fingerprint density at radius 2 is 1.78 bits per heavy atom. The highest BCUT2D eigenvalue weighted by Crippen LogP contribution is 2.16. The summed E-state index contributed by atoms with van der Waals surface area (Å²) in [6, 6.07) is 14.2. The number of nitrogens with one attached hydrogen (secondary N) is 2. The number of carbonyl (C=O) groups excluding carboxylic acids is 3. The minimum absolute atomic E-state index is 0.115. The van der Waals surface area contributed by atoms with Crippen LogP contribution < -0.4 is 15.5 Å². The van der Waals surface area contributed by atoms with Crippen LogP contribution >= 0.6 is 0 Å². The van der Waals surface area contributed by atoms with Crippen molar-refractivity contribution in [1.82, 2.24) is 10.3 Å². The van der Waals surface area contributed by atoms with Gasteiger partial charge in [-0.25, -0.2) is 5.43 Å². The molecule has 3 amide bonds. The molecule has 0 aliphatic carbocycles. The quantitative estimate of drug-likeness (QED) is 0.388. The van der Waals surface area contributed by atoms with E-state index in [2.05, 4.69) is 15.8 Å². The molecule has 1 heterocycles. The van der Waals surface area contributed by atoms with E-state index in [-0.39, 0.29) is 12.5 Å². The van der Waals surface area contributed by atoms with E-state index in [0.717, 1.165) is 12.0 Å². The topological polar surface area (TPSA) is 109 Å². The molecular formula is C23H26N4O5. The van der Waals surface area contributed by atoms with Gasteiger partial charge in [0.1, 0.15) is 5.75 Å². The van der Waals surface area contributed by atoms with E-state index in [1.807, 2.05) is 19.1 Å². The van der Waals surface area contributed by atoms with Crippen LogP contribution in [0.2, 0.25) is 0 Å². The van der Waals surface area contributed by atoms with Gasteiger partial charge in [-0.3, -0.25) is 14.4 Å². The molecule has 0 atom stereocenters. The number of hydrogen-bond acceptors (Lipinski definition) is 6. The number of carbonyl (C=O) groups is 3. The number of rotatable bonds is 7. The lowest BCUT2D eigenvalue weighted by molar-refractivity contribution is -0.137. The molecule has 0 saturated carbocycles. The SMILES string of the molecule is CCc1ccc(NC(=O)C(=O)N/N=C\c2ccccc2OCC(=O)N2CCOCC2)cc1.